The average Bonchev–Trinajstić information content (AvgIpc) is 2.56. The van der Waals surface area contributed by atoms with Gasteiger partial charge >= 0.3 is 5.97 Å². The molecule has 0 bridgehead atoms. The molecule has 0 aromatic heterocycles. The number of carbonyl (C=O) groups is 2. The molecule has 2 aromatic rings. The third kappa shape index (κ3) is 3.47. The maximum Gasteiger partial charge on any atom is 0.339 e. The molecule has 2 N–H and O–H groups in total. The van der Waals surface area contributed by atoms with Gasteiger partial charge in [-0.3, -0.25) is 4.79 Å². The van der Waals surface area contributed by atoms with E-state index in [0.717, 1.165) is 18.4 Å². The first-order chi connectivity index (χ1) is 12.0. The lowest BCUT2D eigenvalue weighted by atomic mass is 9.76. The number of methoxy groups -OCH3 is 1. The van der Waals surface area contributed by atoms with Crippen molar-refractivity contribution in [2.45, 2.75) is 24.8 Å². The highest BCUT2D eigenvalue weighted by molar-refractivity contribution is 6.02. The molecule has 0 unspecified atom stereocenters. The van der Waals surface area contributed by atoms with Crippen LogP contribution in [0.15, 0.2) is 42.5 Å². The van der Waals surface area contributed by atoms with Crippen LogP contribution < -0.4 is 10.1 Å². The summed E-state index contributed by atoms with van der Waals surface area (Å²) in [5.74, 6) is -1.52. The molecule has 2 aromatic carbocycles. The van der Waals surface area contributed by atoms with Gasteiger partial charge in [0.2, 0.25) is 0 Å². The molecule has 0 radical (unpaired) electrons. The Kier molecular flexibility index (Phi) is 4.70. The fourth-order valence-corrected chi connectivity index (χ4v) is 3.14. The van der Waals surface area contributed by atoms with Gasteiger partial charge in [-0.15, -0.1) is 0 Å². The number of halogens is 1. The molecule has 5 nitrogen and oxygen atoms in total. The molecule has 1 aliphatic rings. The first-order valence-corrected chi connectivity index (χ1v) is 7.96. The van der Waals surface area contributed by atoms with Crippen molar-refractivity contribution >= 4 is 11.9 Å². The van der Waals surface area contributed by atoms with E-state index in [-0.39, 0.29) is 40.6 Å². The largest absolute Gasteiger partial charge is 0.495 e. The number of ether oxygens (including phenoxy) is 1. The molecule has 6 heteroatoms. The zero-order valence-corrected chi connectivity index (χ0v) is 13.7. The maximum absolute atomic E-state index is 13.3. The zero-order valence-electron chi connectivity index (χ0n) is 13.7. The van der Waals surface area contributed by atoms with Crippen molar-refractivity contribution in [1.29, 1.82) is 0 Å². The number of carbonyl (C=O) groups excluding carboxylic acids is 1. The number of benzene rings is 2. The Balaban J connectivity index is 1.67. The Hall–Kier alpha value is -2.89. The van der Waals surface area contributed by atoms with E-state index in [1.165, 1.54) is 37.4 Å². The molecular weight excluding hydrogens is 325 g/mol. The lowest BCUT2D eigenvalue weighted by Crippen LogP contribution is -2.43. The first-order valence-electron chi connectivity index (χ1n) is 7.96. The van der Waals surface area contributed by atoms with E-state index in [2.05, 4.69) is 5.32 Å². The van der Waals surface area contributed by atoms with Crippen LogP contribution in [-0.4, -0.2) is 30.1 Å². The first kappa shape index (κ1) is 17.0. The Morgan fingerprint density at radius 1 is 1.16 bits per heavy atom. The van der Waals surface area contributed by atoms with E-state index in [1.54, 1.807) is 6.07 Å². The van der Waals surface area contributed by atoms with Crippen molar-refractivity contribution in [3.05, 3.63) is 65.0 Å². The highest BCUT2D eigenvalue weighted by atomic mass is 19.1. The molecule has 0 saturated heterocycles. The number of carboxylic acid groups (broad SMARTS) is 1. The van der Waals surface area contributed by atoms with Gasteiger partial charge in [0.25, 0.3) is 5.91 Å². The molecule has 130 valence electrons. The summed E-state index contributed by atoms with van der Waals surface area (Å²) in [6, 6.07) is 10.9. The molecule has 0 spiro atoms. The van der Waals surface area contributed by atoms with Gasteiger partial charge in [0.05, 0.1) is 12.7 Å². The minimum Gasteiger partial charge on any atom is -0.495 e. The lowest BCUT2D eigenvalue weighted by Gasteiger charge is -2.36. The second-order valence-corrected chi connectivity index (χ2v) is 6.09. The highest BCUT2D eigenvalue weighted by Crippen LogP contribution is 2.37. The van der Waals surface area contributed by atoms with Crippen LogP contribution in [-0.2, 0) is 0 Å². The topological polar surface area (TPSA) is 75.6 Å². The third-order valence-corrected chi connectivity index (χ3v) is 4.49. The predicted molar refractivity (Wildman–Crippen MR) is 89.6 cm³/mol. The second-order valence-electron chi connectivity index (χ2n) is 6.09. The van der Waals surface area contributed by atoms with Crippen LogP contribution >= 0.6 is 0 Å². The van der Waals surface area contributed by atoms with Crippen LogP contribution in [0.3, 0.4) is 0 Å². The molecule has 3 rings (SSSR count). The summed E-state index contributed by atoms with van der Waals surface area (Å²) in [6.45, 7) is 0. The van der Waals surface area contributed by atoms with E-state index in [9.17, 15) is 19.1 Å². The minimum atomic E-state index is -1.15. The Labute approximate surface area is 144 Å². The number of rotatable bonds is 5. The number of para-hydroxylation sites is 1. The molecule has 1 saturated carbocycles. The van der Waals surface area contributed by atoms with Gasteiger partial charge in [-0.05, 0) is 48.6 Å². The quantitative estimate of drug-likeness (QED) is 0.874. The molecular formula is C19H18FNO4. The van der Waals surface area contributed by atoms with Crippen LogP contribution in [0.2, 0.25) is 0 Å². The van der Waals surface area contributed by atoms with Gasteiger partial charge in [0.1, 0.15) is 17.1 Å². The summed E-state index contributed by atoms with van der Waals surface area (Å²) in [4.78, 5) is 23.7. The van der Waals surface area contributed by atoms with Crippen molar-refractivity contribution in [1.82, 2.24) is 5.32 Å². The number of hydrogen-bond acceptors (Lipinski definition) is 3. The van der Waals surface area contributed by atoms with Crippen LogP contribution in [0.5, 0.6) is 5.75 Å². The molecule has 1 fully saturated rings. The van der Waals surface area contributed by atoms with E-state index >= 15 is 0 Å². The fourth-order valence-electron chi connectivity index (χ4n) is 3.14. The van der Waals surface area contributed by atoms with Gasteiger partial charge < -0.3 is 15.2 Å². The summed E-state index contributed by atoms with van der Waals surface area (Å²) in [5.41, 5.74) is 1.06. The van der Waals surface area contributed by atoms with E-state index < -0.39 is 5.97 Å². The monoisotopic (exact) mass is 343 g/mol. The molecule has 0 atom stereocenters. The van der Waals surface area contributed by atoms with Gasteiger partial charge in [-0.25, -0.2) is 9.18 Å². The van der Waals surface area contributed by atoms with Crippen molar-refractivity contribution in [2.24, 2.45) is 0 Å². The lowest BCUT2D eigenvalue weighted by molar-refractivity contribution is 0.0693. The van der Waals surface area contributed by atoms with Gasteiger partial charge in [-0.2, -0.15) is 0 Å². The van der Waals surface area contributed by atoms with Crippen molar-refractivity contribution in [3.8, 4) is 5.75 Å². The van der Waals surface area contributed by atoms with E-state index in [1.807, 2.05) is 6.07 Å². The molecule has 0 aliphatic heterocycles. The Morgan fingerprint density at radius 3 is 2.48 bits per heavy atom. The number of nitrogens with one attached hydrogen (secondary N) is 1. The number of aromatic carboxylic acids is 1. The van der Waals surface area contributed by atoms with Crippen molar-refractivity contribution in [2.75, 3.05) is 7.11 Å². The fraction of sp³-hybridized carbons (Fsp3) is 0.263. The van der Waals surface area contributed by atoms with Gasteiger partial charge in [0.15, 0.2) is 0 Å². The molecule has 0 heterocycles. The van der Waals surface area contributed by atoms with Crippen LogP contribution in [0.25, 0.3) is 0 Å². The summed E-state index contributed by atoms with van der Waals surface area (Å²) in [7, 11) is 1.34. The molecule has 1 amide bonds. The predicted octanol–water partition coefficient (Wildman–Crippen LogP) is 3.21. The molecule has 1 aliphatic carbocycles. The zero-order chi connectivity index (χ0) is 18.0. The second kappa shape index (κ2) is 6.93. The Morgan fingerprint density at radius 2 is 1.84 bits per heavy atom. The number of carboxylic acids is 1. The third-order valence-electron chi connectivity index (χ3n) is 4.49. The Bertz CT molecular complexity index is 815. The van der Waals surface area contributed by atoms with Crippen LogP contribution in [0.1, 0.15) is 45.0 Å². The highest BCUT2D eigenvalue weighted by Gasteiger charge is 2.32. The summed E-state index contributed by atoms with van der Waals surface area (Å²) >= 11 is 0. The minimum absolute atomic E-state index is 0.0287. The number of hydrogen-bond donors (Lipinski definition) is 2. The number of amides is 1. The molecule has 25 heavy (non-hydrogen) atoms. The standard InChI is InChI=1S/C19H18FNO4/c1-25-17-15(6-3-7-16(17)19(23)24)18(22)21-14-9-12(10-14)11-4-2-5-13(20)8-11/h2-8,12,14H,9-10H2,1H3,(H,21,22)(H,23,24). The van der Waals surface area contributed by atoms with Gasteiger partial charge in [-0.1, -0.05) is 18.2 Å². The smallest absolute Gasteiger partial charge is 0.339 e. The van der Waals surface area contributed by atoms with E-state index in [0.29, 0.717) is 0 Å². The normalized spacial score (nSPS) is 19.0. The average molecular weight is 343 g/mol. The van der Waals surface area contributed by atoms with Crippen LogP contribution in [0.4, 0.5) is 4.39 Å². The summed E-state index contributed by atoms with van der Waals surface area (Å²) in [6.07, 6.45) is 1.44. The van der Waals surface area contributed by atoms with Crippen LogP contribution in [0, 0.1) is 5.82 Å². The van der Waals surface area contributed by atoms with Crippen molar-refractivity contribution < 1.29 is 23.8 Å². The SMILES string of the molecule is COc1c(C(=O)O)cccc1C(=O)NC1CC(c2cccc(F)c2)C1. The van der Waals surface area contributed by atoms with E-state index in [4.69, 9.17) is 4.74 Å². The van der Waals surface area contributed by atoms with Crippen molar-refractivity contribution in [3.63, 3.8) is 0 Å². The van der Waals surface area contributed by atoms with Gasteiger partial charge in [0, 0.05) is 6.04 Å². The summed E-state index contributed by atoms with van der Waals surface area (Å²) in [5, 5.41) is 12.1. The maximum atomic E-state index is 13.3. The summed E-state index contributed by atoms with van der Waals surface area (Å²) < 4.78 is 18.4.